The number of aryl methyl sites for hydroxylation is 2. The van der Waals surface area contributed by atoms with E-state index in [0.717, 1.165) is 45.7 Å². The standard InChI is InChI=1S/C21H24N2O2S/c1-3-14-23-18-12-11-17(25-4-2)15-19(18)26-21(23)22-20(24)13-10-16-8-6-5-7-9-16/h5-9,11-12,15H,3-4,10,13-14H2,1-2H3. The van der Waals surface area contributed by atoms with Crippen LogP contribution in [0.5, 0.6) is 5.75 Å². The van der Waals surface area contributed by atoms with Gasteiger partial charge in [-0.2, -0.15) is 4.99 Å². The van der Waals surface area contributed by atoms with E-state index in [1.807, 2.05) is 49.4 Å². The topological polar surface area (TPSA) is 43.6 Å². The van der Waals surface area contributed by atoms with Gasteiger partial charge in [0.05, 0.1) is 16.8 Å². The zero-order chi connectivity index (χ0) is 18.4. The SMILES string of the molecule is CCCn1c(=NC(=O)CCc2ccccc2)sc2cc(OCC)ccc21. The Labute approximate surface area is 157 Å². The van der Waals surface area contributed by atoms with Gasteiger partial charge in [-0.15, -0.1) is 0 Å². The lowest BCUT2D eigenvalue weighted by molar-refractivity contribution is -0.118. The number of benzene rings is 2. The van der Waals surface area contributed by atoms with E-state index in [1.54, 1.807) is 11.3 Å². The minimum atomic E-state index is -0.0738. The van der Waals surface area contributed by atoms with Gasteiger partial charge in [-0.3, -0.25) is 4.79 Å². The maximum Gasteiger partial charge on any atom is 0.248 e. The first-order chi connectivity index (χ1) is 12.7. The maximum atomic E-state index is 12.4. The van der Waals surface area contributed by atoms with Gasteiger partial charge in [0.15, 0.2) is 4.80 Å². The van der Waals surface area contributed by atoms with Gasteiger partial charge < -0.3 is 9.30 Å². The summed E-state index contributed by atoms with van der Waals surface area (Å²) in [6.07, 6.45) is 2.13. The zero-order valence-corrected chi connectivity index (χ0v) is 16.1. The number of hydrogen-bond donors (Lipinski definition) is 0. The Morgan fingerprint density at radius 2 is 1.96 bits per heavy atom. The number of carbonyl (C=O) groups excluding carboxylic acids is 1. The fraction of sp³-hybridized carbons (Fsp3) is 0.333. The molecule has 1 aromatic heterocycles. The number of hydrogen-bond acceptors (Lipinski definition) is 3. The Morgan fingerprint density at radius 3 is 2.69 bits per heavy atom. The van der Waals surface area contributed by atoms with Gasteiger partial charge in [-0.1, -0.05) is 48.6 Å². The first kappa shape index (κ1) is 18.4. The second-order valence-corrected chi connectivity index (χ2v) is 7.10. The van der Waals surface area contributed by atoms with Crippen LogP contribution in [0.25, 0.3) is 10.2 Å². The van der Waals surface area contributed by atoms with Crippen molar-refractivity contribution in [2.24, 2.45) is 4.99 Å². The molecule has 136 valence electrons. The largest absolute Gasteiger partial charge is 0.494 e. The molecule has 26 heavy (non-hydrogen) atoms. The van der Waals surface area contributed by atoms with Crippen molar-refractivity contribution in [1.82, 2.24) is 4.57 Å². The number of fused-ring (bicyclic) bond motifs is 1. The predicted octanol–water partition coefficient (Wildman–Crippen LogP) is 4.57. The van der Waals surface area contributed by atoms with E-state index in [1.165, 1.54) is 0 Å². The highest BCUT2D eigenvalue weighted by molar-refractivity contribution is 7.16. The number of nitrogens with zero attached hydrogens (tertiary/aromatic N) is 2. The van der Waals surface area contributed by atoms with Crippen LogP contribution in [0.15, 0.2) is 53.5 Å². The van der Waals surface area contributed by atoms with E-state index in [2.05, 4.69) is 22.5 Å². The van der Waals surface area contributed by atoms with Crippen LogP contribution in [0.1, 0.15) is 32.3 Å². The van der Waals surface area contributed by atoms with Gasteiger partial charge in [0.1, 0.15) is 5.75 Å². The Kier molecular flexibility index (Phi) is 6.23. The van der Waals surface area contributed by atoms with E-state index in [9.17, 15) is 4.79 Å². The van der Waals surface area contributed by atoms with E-state index in [-0.39, 0.29) is 5.91 Å². The molecule has 0 saturated carbocycles. The normalized spacial score (nSPS) is 11.8. The van der Waals surface area contributed by atoms with Crippen molar-refractivity contribution in [3.8, 4) is 5.75 Å². The average molecular weight is 369 g/mol. The number of amides is 1. The van der Waals surface area contributed by atoms with Crippen molar-refractivity contribution < 1.29 is 9.53 Å². The first-order valence-electron chi connectivity index (χ1n) is 9.09. The van der Waals surface area contributed by atoms with Gasteiger partial charge in [0.25, 0.3) is 0 Å². The van der Waals surface area contributed by atoms with Crippen molar-refractivity contribution in [1.29, 1.82) is 0 Å². The molecule has 0 atom stereocenters. The monoisotopic (exact) mass is 368 g/mol. The molecule has 3 aromatic rings. The summed E-state index contributed by atoms with van der Waals surface area (Å²) < 4.78 is 8.82. The van der Waals surface area contributed by atoms with Crippen LogP contribution in [0.4, 0.5) is 0 Å². The molecule has 0 unspecified atom stereocenters. The molecular weight excluding hydrogens is 344 g/mol. The second kappa shape index (κ2) is 8.81. The van der Waals surface area contributed by atoms with E-state index in [4.69, 9.17) is 4.74 Å². The Hall–Kier alpha value is -2.40. The molecule has 0 fully saturated rings. The van der Waals surface area contributed by atoms with Crippen LogP contribution in [-0.2, 0) is 17.8 Å². The molecule has 0 radical (unpaired) electrons. The molecule has 0 bridgehead atoms. The summed E-state index contributed by atoms with van der Waals surface area (Å²) in [6.45, 7) is 5.59. The van der Waals surface area contributed by atoms with Gasteiger partial charge in [-0.05, 0) is 43.5 Å². The third-order valence-electron chi connectivity index (χ3n) is 4.10. The average Bonchev–Trinajstić information content (AvgIpc) is 2.98. The summed E-state index contributed by atoms with van der Waals surface area (Å²) >= 11 is 1.55. The predicted molar refractivity (Wildman–Crippen MR) is 107 cm³/mol. The lowest BCUT2D eigenvalue weighted by Gasteiger charge is -2.05. The maximum absolute atomic E-state index is 12.4. The molecule has 5 heteroatoms. The van der Waals surface area contributed by atoms with Crippen LogP contribution in [0.2, 0.25) is 0 Å². The fourth-order valence-electron chi connectivity index (χ4n) is 2.89. The number of aromatic nitrogens is 1. The van der Waals surface area contributed by atoms with Gasteiger partial charge >= 0.3 is 0 Å². The minimum Gasteiger partial charge on any atom is -0.494 e. The van der Waals surface area contributed by atoms with Crippen LogP contribution >= 0.6 is 11.3 Å². The molecule has 0 N–H and O–H groups in total. The molecule has 0 aliphatic heterocycles. The molecule has 0 aliphatic rings. The smallest absolute Gasteiger partial charge is 0.248 e. The third kappa shape index (κ3) is 4.41. The summed E-state index contributed by atoms with van der Waals surface area (Å²) in [5.74, 6) is 0.780. The fourth-order valence-corrected chi connectivity index (χ4v) is 4.00. The van der Waals surface area contributed by atoms with Gasteiger partial charge in [-0.25, -0.2) is 0 Å². The van der Waals surface area contributed by atoms with Crippen molar-refractivity contribution in [2.45, 2.75) is 39.7 Å². The van der Waals surface area contributed by atoms with E-state index < -0.39 is 0 Å². The van der Waals surface area contributed by atoms with Crippen molar-refractivity contribution in [2.75, 3.05) is 6.61 Å². The van der Waals surface area contributed by atoms with Crippen LogP contribution in [0, 0.1) is 0 Å². The second-order valence-electron chi connectivity index (χ2n) is 6.09. The molecule has 1 heterocycles. The van der Waals surface area contributed by atoms with E-state index in [0.29, 0.717) is 13.0 Å². The minimum absolute atomic E-state index is 0.0738. The summed E-state index contributed by atoms with van der Waals surface area (Å²) in [4.78, 5) is 17.6. The highest BCUT2D eigenvalue weighted by Crippen LogP contribution is 2.23. The van der Waals surface area contributed by atoms with Gasteiger partial charge in [0, 0.05) is 13.0 Å². The summed E-state index contributed by atoms with van der Waals surface area (Å²) in [5, 5.41) is 0. The number of thiazole rings is 1. The quantitative estimate of drug-likeness (QED) is 0.613. The third-order valence-corrected chi connectivity index (χ3v) is 5.14. The molecule has 4 nitrogen and oxygen atoms in total. The molecule has 0 aliphatic carbocycles. The molecule has 0 saturated heterocycles. The Balaban J connectivity index is 1.87. The molecular formula is C21H24N2O2S. The van der Waals surface area contributed by atoms with E-state index >= 15 is 0 Å². The lowest BCUT2D eigenvalue weighted by atomic mass is 10.1. The molecule has 2 aromatic carbocycles. The van der Waals surface area contributed by atoms with Crippen molar-refractivity contribution in [3.63, 3.8) is 0 Å². The summed E-state index contributed by atoms with van der Waals surface area (Å²) in [5.41, 5.74) is 2.27. The highest BCUT2D eigenvalue weighted by Gasteiger charge is 2.09. The number of ether oxygens (including phenoxy) is 1. The first-order valence-corrected chi connectivity index (χ1v) is 9.90. The lowest BCUT2D eigenvalue weighted by Crippen LogP contribution is -2.17. The molecule has 0 spiro atoms. The van der Waals surface area contributed by atoms with Crippen molar-refractivity contribution in [3.05, 3.63) is 58.9 Å². The summed E-state index contributed by atoms with van der Waals surface area (Å²) in [7, 11) is 0. The van der Waals surface area contributed by atoms with Crippen LogP contribution in [0.3, 0.4) is 0 Å². The van der Waals surface area contributed by atoms with Crippen molar-refractivity contribution >= 4 is 27.5 Å². The highest BCUT2D eigenvalue weighted by atomic mass is 32.1. The zero-order valence-electron chi connectivity index (χ0n) is 15.3. The Bertz CT molecular complexity index is 942. The number of carbonyl (C=O) groups is 1. The number of rotatable bonds is 7. The Morgan fingerprint density at radius 1 is 1.15 bits per heavy atom. The summed E-state index contributed by atoms with van der Waals surface area (Å²) in [6, 6.07) is 16.1. The van der Waals surface area contributed by atoms with Crippen LogP contribution in [-0.4, -0.2) is 17.1 Å². The molecule has 3 rings (SSSR count). The van der Waals surface area contributed by atoms with Crippen LogP contribution < -0.4 is 9.54 Å². The molecule has 1 amide bonds. The van der Waals surface area contributed by atoms with Gasteiger partial charge in [0.2, 0.25) is 5.91 Å².